The number of hydrogen-bond acceptors (Lipinski definition) is 6. The minimum atomic E-state index is -0.0912. The van der Waals surface area contributed by atoms with Gasteiger partial charge in [-0.3, -0.25) is 9.36 Å². The highest BCUT2D eigenvalue weighted by molar-refractivity contribution is 7.99. The molecule has 0 unspecified atom stereocenters. The first-order chi connectivity index (χ1) is 14.5. The Kier molecular flexibility index (Phi) is 5.76. The van der Waals surface area contributed by atoms with Crippen LogP contribution in [0.2, 0.25) is 0 Å². The smallest absolute Gasteiger partial charge is 0.234 e. The molecule has 2 heterocycles. The standard InChI is InChI=1S/C22H22N4O3S/c1-4-9-26-21(16-7-8-18-19(11-16)29-13-28-18)24-25-22(26)30-12-20(27)23-17-10-14(2)5-6-15(17)3/h4-8,10-11H,1,9,12-13H2,2-3H3,(H,23,27). The van der Waals surface area contributed by atoms with Gasteiger partial charge in [-0.05, 0) is 49.2 Å². The SMILES string of the molecule is C=CCn1c(SCC(=O)Nc2cc(C)ccc2C)nnc1-c1ccc2c(c1)OCO2. The molecule has 1 amide bonds. The average molecular weight is 423 g/mol. The van der Waals surface area contributed by atoms with Gasteiger partial charge in [0.15, 0.2) is 22.5 Å². The van der Waals surface area contributed by atoms with Crippen molar-refractivity contribution >= 4 is 23.4 Å². The summed E-state index contributed by atoms with van der Waals surface area (Å²) in [5, 5.41) is 12.2. The lowest BCUT2D eigenvalue weighted by Gasteiger charge is -2.10. The molecular weight excluding hydrogens is 400 g/mol. The van der Waals surface area contributed by atoms with E-state index in [9.17, 15) is 4.79 Å². The number of thioether (sulfide) groups is 1. The van der Waals surface area contributed by atoms with Crippen molar-refractivity contribution in [1.29, 1.82) is 0 Å². The summed E-state index contributed by atoms with van der Waals surface area (Å²) in [6.07, 6.45) is 1.78. The van der Waals surface area contributed by atoms with E-state index < -0.39 is 0 Å². The van der Waals surface area contributed by atoms with Gasteiger partial charge in [0.1, 0.15) is 0 Å². The third-order valence-corrected chi connectivity index (χ3v) is 5.63. The van der Waals surface area contributed by atoms with Crippen molar-refractivity contribution in [1.82, 2.24) is 14.8 Å². The van der Waals surface area contributed by atoms with Gasteiger partial charge in [-0.2, -0.15) is 0 Å². The van der Waals surface area contributed by atoms with Crippen LogP contribution in [-0.4, -0.2) is 33.2 Å². The highest BCUT2D eigenvalue weighted by atomic mass is 32.2. The minimum Gasteiger partial charge on any atom is -0.454 e. The van der Waals surface area contributed by atoms with Crippen molar-refractivity contribution in [3.63, 3.8) is 0 Å². The van der Waals surface area contributed by atoms with Crippen LogP contribution in [-0.2, 0) is 11.3 Å². The lowest BCUT2D eigenvalue weighted by Crippen LogP contribution is -2.15. The quantitative estimate of drug-likeness (QED) is 0.454. The number of ether oxygens (including phenoxy) is 2. The number of amides is 1. The van der Waals surface area contributed by atoms with E-state index in [1.54, 1.807) is 6.08 Å². The second-order valence-corrected chi connectivity index (χ2v) is 7.87. The molecule has 0 bridgehead atoms. The van der Waals surface area contributed by atoms with Gasteiger partial charge < -0.3 is 14.8 Å². The number of aromatic nitrogens is 3. The number of aryl methyl sites for hydroxylation is 2. The van der Waals surface area contributed by atoms with Gasteiger partial charge in [0.25, 0.3) is 0 Å². The Morgan fingerprint density at radius 3 is 2.87 bits per heavy atom. The molecule has 0 saturated carbocycles. The molecule has 0 fully saturated rings. The maximum Gasteiger partial charge on any atom is 0.234 e. The first-order valence-electron chi connectivity index (χ1n) is 9.49. The van der Waals surface area contributed by atoms with Crippen LogP contribution in [0.1, 0.15) is 11.1 Å². The Bertz CT molecular complexity index is 1110. The van der Waals surface area contributed by atoms with Crippen LogP contribution >= 0.6 is 11.8 Å². The predicted octanol–water partition coefficient (Wildman–Crippen LogP) is 4.21. The molecule has 0 saturated heterocycles. The van der Waals surface area contributed by atoms with Crippen molar-refractivity contribution in [3.8, 4) is 22.9 Å². The summed E-state index contributed by atoms with van der Waals surface area (Å²) >= 11 is 1.34. The van der Waals surface area contributed by atoms with Gasteiger partial charge in [0, 0.05) is 17.8 Å². The zero-order valence-electron chi connectivity index (χ0n) is 16.8. The molecule has 2 aromatic carbocycles. The van der Waals surface area contributed by atoms with Gasteiger partial charge in [0.2, 0.25) is 12.7 Å². The number of nitrogens with zero attached hydrogens (tertiary/aromatic N) is 3. The van der Waals surface area contributed by atoms with Gasteiger partial charge in [-0.25, -0.2) is 0 Å². The zero-order chi connectivity index (χ0) is 21.1. The Balaban J connectivity index is 1.50. The minimum absolute atomic E-state index is 0.0912. The summed E-state index contributed by atoms with van der Waals surface area (Å²) in [7, 11) is 0. The molecule has 0 spiro atoms. The Hall–Kier alpha value is -3.26. The summed E-state index contributed by atoms with van der Waals surface area (Å²) < 4.78 is 12.8. The van der Waals surface area contributed by atoms with E-state index >= 15 is 0 Å². The van der Waals surface area contributed by atoms with Crippen LogP contribution in [0.4, 0.5) is 5.69 Å². The van der Waals surface area contributed by atoms with Gasteiger partial charge in [-0.1, -0.05) is 30.0 Å². The van der Waals surface area contributed by atoms with Crippen molar-refractivity contribution < 1.29 is 14.3 Å². The van der Waals surface area contributed by atoms with Crippen molar-refractivity contribution in [3.05, 3.63) is 60.2 Å². The molecule has 30 heavy (non-hydrogen) atoms. The van der Waals surface area contributed by atoms with Crippen LogP contribution in [0.25, 0.3) is 11.4 Å². The number of benzene rings is 2. The number of carbonyl (C=O) groups is 1. The zero-order valence-corrected chi connectivity index (χ0v) is 17.7. The lowest BCUT2D eigenvalue weighted by atomic mass is 10.1. The van der Waals surface area contributed by atoms with Crippen LogP contribution in [0.5, 0.6) is 11.5 Å². The van der Waals surface area contributed by atoms with E-state index in [1.807, 2.05) is 54.8 Å². The normalized spacial score (nSPS) is 12.1. The average Bonchev–Trinajstić information content (AvgIpc) is 3.36. The maximum atomic E-state index is 12.5. The first kappa shape index (κ1) is 20.0. The third kappa shape index (κ3) is 4.18. The highest BCUT2D eigenvalue weighted by Gasteiger charge is 2.19. The Morgan fingerprint density at radius 1 is 1.20 bits per heavy atom. The van der Waals surface area contributed by atoms with Gasteiger partial charge in [0.05, 0.1) is 5.75 Å². The molecule has 0 atom stereocenters. The van der Waals surface area contributed by atoms with E-state index in [0.717, 1.165) is 22.4 Å². The molecule has 0 radical (unpaired) electrons. The number of carbonyl (C=O) groups excluding carboxylic acids is 1. The maximum absolute atomic E-state index is 12.5. The molecule has 8 heteroatoms. The molecule has 1 aliphatic heterocycles. The topological polar surface area (TPSA) is 78.3 Å². The monoisotopic (exact) mass is 422 g/mol. The fourth-order valence-corrected chi connectivity index (χ4v) is 3.87. The molecular formula is C22H22N4O3S. The second kappa shape index (κ2) is 8.62. The lowest BCUT2D eigenvalue weighted by molar-refractivity contribution is -0.113. The molecule has 1 aromatic heterocycles. The van der Waals surface area contributed by atoms with Crippen LogP contribution in [0.3, 0.4) is 0 Å². The van der Waals surface area contributed by atoms with Crippen molar-refractivity contribution in [2.45, 2.75) is 25.5 Å². The van der Waals surface area contributed by atoms with E-state index in [-0.39, 0.29) is 18.5 Å². The number of hydrogen-bond donors (Lipinski definition) is 1. The molecule has 7 nitrogen and oxygen atoms in total. The molecule has 154 valence electrons. The largest absolute Gasteiger partial charge is 0.454 e. The number of allylic oxidation sites excluding steroid dienone is 1. The molecule has 1 N–H and O–H groups in total. The third-order valence-electron chi connectivity index (χ3n) is 4.66. The summed E-state index contributed by atoms with van der Waals surface area (Å²) in [6.45, 7) is 8.54. The molecule has 3 aromatic rings. The Morgan fingerprint density at radius 2 is 2.03 bits per heavy atom. The van der Waals surface area contributed by atoms with Crippen LogP contribution in [0.15, 0.2) is 54.2 Å². The summed E-state index contributed by atoms with van der Waals surface area (Å²) in [4.78, 5) is 12.5. The fraction of sp³-hybridized carbons (Fsp3) is 0.227. The van der Waals surface area contributed by atoms with Crippen molar-refractivity contribution in [2.24, 2.45) is 0 Å². The number of rotatable bonds is 7. The van der Waals surface area contributed by atoms with E-state index in [2.05, 4.69) is 22.1 Å². The van der Waals surface area contributed by atoms with E-state index in [1.165, 1.54) is 11.8 Å². The van der Waals surface area contributed by atoms with Crippen LogP contribution < -0.4 is 14.8 Å². The van der Waals surface area contributed by atoms with E-state index in [4.69, 9.17) is 9.47 Å². The summed E-state index contributed by atoms with van der Waals surface area (Å²) in [5.41, 5.74) is 3.82. The number of anilines is 1. The van der Waals surface area contributed by atoms with Gasteiger partial charge in [-0.15, -0.1) is 16.8 Å². The van der Waals surface area contributed by atoms with E-state index in [0.29, 0.717) is 29.0 Å². The fourth-order valence-electron chi connectivity index (χ4n) is 3.13. The Labute approximate surface area is 179 Å². The van der Waals surface area contributed by atoms with Gasteiger partial charge >= 0.3 is 0 Å². The van der Waals surface area contributed by atoms with Crippen LogP contribution in [0, 0.1) is 13.8 Å². The molecule has 0 aliphatic carbocycles. The van der Waals surface area contributed by atoms with Crippen molar-refractivity contribution in [2.75, 3.05) is 17.9 Å². The first-order valence-corrected chi connectivity index (χ1v) is 10.5. The summed E-state index contributed by atoms with van der Waals surface area (Å²) in [6, 6.07) is 11.6. The molecule has 1 aliphatic rings. The highest BCUT2D eigenvalue weighted by Crippen LogP contribution is 2.36. The second-order valence-electron chi connectivity index (χ2n) is 6.93. The predicted molar refractivity (Wildman–Crippen MR) is 117 cm³/mol. The number of fused-ring (bicyclic) bond motifs is 1. The molecule has 4 rings (SSSR count). The summed E-state index contributed by atoms with van der Waals surface area (Å²) in [5.74, 6) is 2.22. The number of nitrogens with one attached hydrogen (secondary N) is 1.